The molecule has 0 aliphatic carbocycles. The number of unbranched alkanes of at least 4 members (excludes halogenated alkanes) is 22. The molecule has 64 heavy (non-hydrogen) atoms. The number of allylic oxidation sites excluding steroid dienone is 12. The van der Waals surface area contributed by atoms with E-state index in [2.05, 4.69) is 92.1 Å². The van der Waals surface area contributed by atoms with Crippen molar-refractivity contribution in [3.8, 4) is 0 Å². The molecule has 0 saturated carbocycles. The Hall–Kier alpha value is -2.06. The topological polar surface area (TPSA) is 105 Å². The third-order valence-corrected chi connectivity index (χ3v) is 12.5. The lowest BCUT2D eigenvalue weighted by Crippen LogP contribution is -2.46. The van der Waals surface area contributed by atoms with Crippen LogP contribution in [0.25, 0.3) is 0 Å². The Morgan fingerprint density at radius 1 is 0.547 bits per heavy atom. The highest BCUT2D eigenvalue weighted by Gasteiger charge is 2.28. The zero-order valence-corrected chi connectivity index (χ0v) is 43.1. The lowest BCUT2D eigenvalue weighted by Gasteiger charge is -2.26. The molecule has 8 nitrogen and oxygen atoms in total. The number of phosphoric acid groups is 1. The minimum Gasteiger partial charge on any atom is -0.391 e. The van der Waals surface area contributed by atoms with Crippen molar-refractivity contribution in [1.29, 1.82) is 0 Å². The maximum absolute atomic E-state index is 12.9. The maximum atomic E-state index is 12.9. The van der Waals surface area contributed by atoms with E-state index < -0.39 is 20.0 Å². The van der Waals surface area contributed by atoms with Gasteiger partial charge < -0.3 is 19.8 Å². The van der Waals surface area contributed by atoms with Crippen LogP contribution in [0.5, 0.6) is 0 Å². The molecule has 0 aliphatic heterocycles. The smallest absolute Gasteiger partial charge is 0.391 e. The molecule has 0 aromatic heterocycles. The summed E-state index contributed by atoms with van der Waals surface area (Å²) in [5.74, 6) is -0.150. The molecule has 0 fully saturated rings. The molecule has 3 N–H and O–H groups in total. The second-order valence-corrected chi connectivity index (χ2v) is 20.3. The number of aliphatic hydroxyl groups is 1. The van der Waals surface area contributed by atoms with Gasteiger partial charge in [-0.25, -0.2) is 4.57 Å². The zero-order valence-electron chi connectivity index (χ0n) is 42.3. The summed E-state index contributed by atoms with van der Waals surface area (Å²) in [6, 6.07) is -0.761. The second-order valence-electron chi connectivity index (χ2n) is 18.9. The average molecular weight is 918 g/mol. The first-order chi connectivity index (χ1) is 31.0. The fourth-order valence-electron chi connectivity index (χ4n) is 7.34. The van der Waals surface area contributed by atoms with Crippen LogP contribution in [0.1, 0.15) is 219 Å². The summed E-state index contributed by atoms with van der Waals surface area (Å²) >= 11 is 0. The van der Waals surface area contributed by atoms with Crippen molar-refractivity contribution in [2.75, 3.05) is 40.9 Å². The van der Waals surface area contributed by atoms with Gasteiger partial charge in [0.2, 0.25) is 5.91 Å². The monoisotopic (exact) mass is 918 g/mol. The molecule has 0 heterocycles. The predicted octanol–water partition coefficient (Wildman–Crippen LogP) is 15.5. The molecule has 372 valence electrons. The van der Waals surface area contributed by atoms with E-state index in [4.69, 9.17) is 9.05 Å². The molecule has 9 heteroatoms. The number of carbonyl (C=O) groups is 1. The summed E-state index contributed by atoms with van der Waals surface area (Å²) in [6.45, 7) is 4.74. The molecule has 0 saturated heterocycles. The Balaban J connectivity index is 3.99. The largest absolute Gasteiger partial charge is 0.472 e. The first kappa shape index (κ1) is 61.9. The normalized spacial score (nSPS) is 14.7. The predicted molar refractivity (Wildman–Crippen MR) is 276 cm³/mol. The van der Waals surface area contributed by atoms with Crippen molar-refractivity contribution >= 4 is 13.7 Å². The van der Waals surface area contributed by atoms with E-state index in [1.807, 2.05) is 21.1 Å². The number of quaternary nitrogens is 1. The van der Waals surface area contributed by atoms with Crippen LogP contribution in [0.3, 0.4) is 0 Å². The standard InChI is InChI=1S/C55H101N2O6P/c1-6-8-10-12-14-16-17-18-19-20-21-22-23-24-25-26-27-28-29-30-31-32-33-34-35-36-37-38-39-41-43-45-47-49-55(59)56-53(52-63-64(60,61)62-51-50-57(3,4)5)54(58)48-46-44-42-40-15-13-11-9-7-2/h8,10,14,16,18-19,21-22,24-25,27-28,53-54,58H,6-7,9,11-13,15,17,20,23,26,29-52H2,1-5H3,(H-,56,59,60,61)/p+1/b10-8-,16-14-,19-18-,22-21-,25-24-,28-27-. The van der Waals surface area contributed by atoms with Crippen LogP contribution < -0.4 is 5.32 Å². The lowest BCUT2D eigenvalue weighted by molar-refractivity contribution is -0.870. The molecule has 0 aliphatic rings. The number of phosphoric ester groups is 1. The van der Waals surface area contributed by atoms with E-state index in [9.17, 15) is 19.4 Å². The van der Waals surface area contributed by atoms with Gasteiger partial charge in [0.05, 0.1) is 39.9 Å². The van der Waals surface area contributed by atoms with Gasteiger partial charge in [0.25, 0.3) is 0 Å². The van der Waals surface area contributed by atoms with Gasteiger partial charge in [0.1, 0.15) is 13.2 Å². The maximum Gasteiger partial charge on any atom is 0.472 e. The van der Waals surface area contributed by atoms with Crippen LogP contribution in [-0.4, -0.2) is 73.4 Å². The number of hydrogen-bond donors (Lipinski definition) is 3. The number of nitrogens with zero attached hydrogens (tertiary/aromatic N) is 1. The van der Waals surface area contributed by atoms with Crippen LogP contribution >= 0.6 is 7.82 Å². The molecule has 0 aromatic rings. The minimum atomic E-state index is -4.31. The quantitative estimate of drug-likeness (QED) is 0.0243. The number of likely N-dealkylation sites (N-methyl/N-ethyl adjacent to an activating group) is 1. The van der Waals surface area contributed by atoms with Crippen molar-refractivity contribution in [2.45, 2.75) is 231 Å². The Kier molecular flexibility index (Phi) is 44.6. The third-order valence-electron chi connectivity index (χ3n) is 11.5. The molecule has 0 bridgehead atoms. The summed E-state index contributed by atoms with van der Waals surface area (Å²) in [5.41, 5.74) is 0. The fourth-order valence-corrected chi connectivity index (χ4v) is 8.08. The zero-order chi connectivity index (χ0) is 47.1. The second kappa shape index (κ2) is 46.1. The Morgan fingerprint density at radius 2 is 0.938 bits per heavy atom. The molecular weight excluding hydrogens is 816 g/mol. The van der Waals surface area contributed by atoms with Gasteiger partial charge in [0.15, 0.2) is 0 Å². The van der Waals surface area contributed by atoms with Crippen molar-refractivity contribution in [2.24, 2.45) is 0 Å². The van der Waals surface area contributed by atoms with Crippen molar-refractivity contribution in [1.82, 2.24) is 5.32 Å². The average Bonchev–Trinajstić information content (AvgIpc) is 3.25. The number of carbonyl (C=O) groups excluding carboxylic acids is 1. The summed E-state index contributed by atoms with van der Waals surface area (Å²) in [6.07, 6.45) is 62.5. The highest BCUT2D eigenvalue weighted by Crippen LogP contribution is 2.43. The Labute approximate surface area is 395 Å². The first-order valence-electron chi connectivity index (χ1n) is 26.3. The number of rotatable bonds is 47. The van der Waals surface area contributed by atoms with E-state index in [0.717, 1.165) is 77.0 Å². The highest BCUT2D eigenvalue weighted by atomic mass is 31.2. The molecular formula is C55H102N2O6P+. The fraction of sp³-hybridized carbons (Fsp3) is 0.764. The summed E-state index contributed by atoms with van der Waals surface area (Å²) in [4.78, 5) is 23.2. The number of amides is 1. The highest BCUT2D eigenvalue weighted by molar-refractivity contribution is 7.47. The van der Waals surface area contributed by atoms with Gasteiger partial charge in [-0.1, -0.05) is 222 Å². The molecule has 0 rings (SSSR count). The van der Waals surface area contributed by atoms with Gasteiger partial charge >= 0.3 is 7.82 Å². The number of nitrogens with one attached hydrogen (secondary N) is 1. The van der Waals surface area contributed by atoms with Crippen LogP contribution in [0.2, 0.25) is 0 Å². The van der Waals surface area contributed by atoms with Crippen LogP contribution in [-0.2, 0) is 18.4 Å². The molecule has 0 aromatic carbocycles. The van der Waals surface area contributed by atoms with Gasteiger partial charge in [-0.2, -0.15) is 0 Å². The van der Waals surface area contributed by atoms with Crippen molar-refractivity contribution < 1.29 is 32.9 Å². The van der Waals surface area contributed by atoms with Crippen LogP contribution in [0.15, 0.2) is 72.9 Å². The minimum absolute atomic E-state index is 0.0725. The number of aliphatic hydroxyl groups excluding tert-OH is 1. The SMILES string of the molecule is CC/C=C\C/C=C\C/C=C\C/C=C\C/C=C\C/C=C\CCCCCCCCCCCCCCCCC(=O)NC(COP(=O)(O)OCC[N+](C)(C)C)C(O)CCCCCCCCCCC. The van der Waals surface area contributed by atoms with Gasteiger partial charge in [-0.05, 0) is 64.2 Å². The number of hydrogen-bond acceptors (Lipinski definition) is 5. The van der Waals surface area contributed by atoms with Crippen LogP contribution in [0, 0.1) is 0 Å². The van der Waals surface area contributed by atoms with Crippen LogP contribution in [0.4, 0.5) is 0 Å². The van der Waals surface area contributed by atoms with Crippen molar-refractivity contribution in [3.63, 3.8) is 0 Å². The van der Waals surface area contributed by atoms with E-state index in [1.165, 1.54) is 116 Å². The van der Waals surface area contributed by atoms with Gasteiger partial charge in [0, 0.05) is 6.42 Å². The van der Waals surface area contributed by atoms with Gasteiger partial charge in [-0.15, -0.1) is 0 Å². The Bertz CT molecular complexity index is 1270. The van der Waals surface area contributed by atoms with E-state index >= 15 is 0 Å². The van der Waals surface area contributed by atoms with E-state index in [1.54, 1.807) is 0 Å². The molecule has 0 spiro atoms. The third kappa shape index (κ3) is 47.9. The van der Waals surface area contributed by atoms with E-state index in [0.29, 0.717) is 23.9 Å². The Morgan fingerprint density at radius 3 is 1.38 bits per heavy atom. The van der Waals surface area contributed by atoms with Gasteiger partial charge in [-0.3, -0.25) is 13.8 Å². The molecule has 3 unspecified atom stereocenters. The molecule has 1 amide bonds. The van der Waals surface area contributed by atoms with E-state index in [-0.39, 0.29) is 19.1 Å². The first-order valence-corrected chi connectivity index (χ1v) is 27.8. The molecule has 3 atom stereocenters. The summed E-state index contributed by atoms with van der Waals surface area (Å²) in [7, 11) is 1.61. The lowest BCUT2D eigenvalue weighted by atomic mass is 10.0. The van der Waals surface area contributed by atoms with Crippen molar-refractivity contribution in [3.05, 3.63) is 72.9 Å². The summed E-state index contributed by atoms with van der Waals surface area (Å²) < 4.78 is 23.6. The summed E-state index contributed by atoms with van der Waals surface area (Å²) in [5, 5.41) is 13.9. The molecule has 0 radical (unpaired) electrons.